The number of rotatable bonds is 8. The zero-order valence-corrected chi connectivity index (χ0v) is 16.5. The standard InChI is InChI=1S/C23H22N4O3/c1-23(22(24)29,16-25-21(28)17-10-4-2-5-11-17)30-20-15-9-8-14-19(20)27-26-18-12-6-3-7-13-18/h2-15H,16H2,1H3,(H2,24,29)(H,25,28). The summed E-state index contributed by atoms with van der Waals surface area (Å²) in [6.45, 7) is 1.41. The summed E-state index contributed by atoms with van der Waals surface area (Å²) in [4.78, 5) is 24.5. The van der Waals surface area contributed by atoms with E-state index in [-0.39, 0.29) is 12.5 Å². The van der Waals surface area contributed by atoms with Crippen molar-refractivity contribution < 1.29 is 14.3 Å². The van der Waals surface area contributed by atoms with E-state index in [9.17, 15) is 9.59 Å². The van der Waals surface area contributed by atoms with Crippen LogP contribution in [0.5, 0.6) is 5.75 Å². The number of nitrogens with two attached hydrogens (primary N) is 1. The van der Waals surface area contributed by atoms with Crippen molar-refractivity contribution in [3.8, 4) is 5.75 Å². The molecule has 3 aromatic carbocycles. The predicted molar refractivity (Wildman–Crippen MR) is 114 cm³/mol. The number of hydrogen-bond donors (Lipinski definition) is 2. The van der Waals surface area contributed by atoms with Gasteiger partial charge in [-0.15, -0.1) is 5.11 Å². The number of hydrogen-bond acceptors (Lipinski definition) is 5. The van der Waals surface area contributed by atoms with Crippen molar-refractivity contribution in [1.82, 2.24) is 5.32 Å². The van der Waals surface area contributed by atoms with E-state index < -0.39 is 11.5 Å². The van der Waals surface area contributed by atoms with Crippen LogP contribution in [0.15, 0.2) is 95.2 Å². The summed E-state index contributed by atoms with van der Waals surface area (Å²) in [5, 5.41) is 11.1. The highest BCUT2D eigenvalue weighted by atomic mass is 16.5. The lowest BCUT2D eigenvalue weighted by atomic mass is 10.1. The van der Waals surface area contributed by atoms with E-state index in [1.807, 2.05) is 36.4 Å². The molecule has 7 heteroatoms. The maximum Gasteiger partial charge on any atom is 0.263 e. The molecule has 7 nitrogen and oxygen atoms in total. The Morgan fingerprint density at radius 1 is 0.900 bits per heavy atom. The zero-order chi connectivity index (χ0) is 21.4. The van der Waals surface area contributed by atoms with Crippen molar-refractivity contribution >= 4 is 23.2 Å². The Bertz CT molecular complexity index is 1040. The summed E-state index contributed by atoms with van der Waals surface area (Å²) in [7, 11) is 0. The number of para-hydroxylation sites is 1. The maximum absolute atomic E-state index is 12.3. The highest BCUT2D eigenvalue weighted by Crippen LogP contribution is 2.31. The van der Waals surface area contributed by atoms with Gasteiger partial charge in [-0.05, 0) is 43.3 Å². The Balaban J connectivity index is 1.77. The summed E-state index contributed by atoms with van der Waals surface area (Å²) in [5.74, 6) is -0.721. The molecule has 3 rings (SSSR count). The van der Waals surface area contributed by atoms with E-state index in [0.29, 0.717) is 22.7 Å². The monoisotopic (exact) mass is 402 g/mol. The Hall–Kier alpha value is -4.00. The highest BCUT2D eigenvalue weighted by Gasteiger charge is 2.35. The quantitative estimate of drug-likeness (QED) is 0.553. The first-order valence-corrected chi connectivity index (χ1v) is 9.36. The Labute approximate surface area is 174 Å². The number of nitrogens with zero attached hydrogens (tertiary/aromatic N) is 2. The van der Waals surface area contributed by atoms with Crippen LogP contribution in [0.3, 0.4) is 0 Å². The lowest BCUT2D eigenvalue weighted by molar-refractivity contribution is -0.131. The Morgan fingerprint density at radius 3 is 2.17 bits per heavy atom. The number of nitrogens with one attached hydrogen (secondary N) is 1. The van der Waals surface area contributed by atoms with Gasteiger partial charge in [0.25, 0.3) is 11.8 Å². The lowest BCUT2D eigenvalue weighted by Gasteiger charge is -2.28. The molecule has 3 aromatic rings. The van der Waals surface area contributed by atoms with Crippen molar-refractivity contribution in [2.45, 2.75) is 12.5 Å². The van der Waals surface area contributed by atoms with Gasteiger partial charge >= 0.3 is 0 Å². The minimum absolute atomic E-state index is 0.111. The molecule has 0 aliphatic carbocycles. The maximum atomic E-state index is 12.3. The number of benzene rings is 3. The topological polar surface area (TPSA) is 106 Å². The fraction of sp³-hybridized carbons (Fsp3) is 0.130. The van der Waals surface area contributed by atoms with Gasteiger partial charge in [-0.25, -0.2) is 0 Å². The first kappa shape index (κ1) is 20.7. The van der Waals surface area contributed by atoms with Gasteiger partial charge in [0, 0.05) is 5.56 Å². The molecular weight excluding hydrogens is 380 g/mol. The highest BCUT2D eigenvalue weighted by molar-refractivity contribution is 5.95. The number of azo groups is 1. The molecular formula is C23H22N4O3. The van der Waals surface area contributed by atoms with Crippen LogP contribution >= 0.6 is 0 Å². The summed E-state index contributed by atoms with van der Waals surface area (Å²) in [6.07, 6.45) is 0. The van der Waals surface area contributed by atoms with Crippen molar-refractivity contribution in [3.05, 3.63) is 90.5 Å². The number of ether oxygens (including phenoxy) is 1. The lowest BCUT2D eigenvalue weighted by Crippen LogP contribution is -2.54. The normalized spacial score (nSPS) is 12.8. The van der Waals surface area contributed by atoms with E-state index in [2.05, 4.69) is 15.5 Å². The average Bonchev–Trinajstić information content (AvgIpc) is 2.78. The van der Waals surface area contributed by atoms with E-state index in [1.165, 1.54) is 6.92 Å². The van der Waals surface area contributed by atoms with Gasteiger partial charge in [-0.3, -0.25) is 9.59 Å². The van der Waals surface area contributed by atoms with Crippen LogP contribution in [0, 0.1) is 0 Å². The molecule has 1 atom stereocenters. The van der Waals surface area contributed by atoms with Crippen LogP contribution in [0.1, 0.15) is 17.3 Å². The molecule has 0 aliphatic rings. The largest absolute Gasteiger partial charge is 0.474 e. The summed E-state index contributed by atoms with van der Waals surface area (Å²) < 4.78 is 5.93. The third kappa shape index (κ3) is 5.29. The van der Waals surface area contributed by atoms with Gasteiger partial charge in [0.1, 0.15) is 11.4 Å². The summed E-state index contributed by atoms with van der Waals surface area (Å²) in [5.41, 5.74) is 5.69. The van der Waals surface area contributed by atoms with E-state index in [1.54, 1.807) is 48.5 Å². The second kappa shape index (κ2) is 9.47. The average molecular weight is 402 g/mol. The van der Waals surface area contributed by atoms with Crippen LogP contribution in [0.4, 0.5) is 11.4 Å². The molecule has 0 aliphatic heterocycles. The first-order valence-electron chi connectivity index (χ1n) is 9.36. The molecule has 0 heterocycles. The molecule has 0 radical (unpaired) electrons. The minimum atomic E-state index is -1.48. The summed E-state index contributed by atoms with van der Waals surface area (Å²) in [6, 6.07) is 24.8. The zero-order valence-electron chi connectivity index (χ0n) is 16.5. The molecule has 0 aromatic heterocycles. The van der Waals surface area contributed by atoms with Crippen molar-refractivity contribution in [3.63, 3.8) is 0 Å². The van der Waals surface area contributed by atoms with Gasteiger partial charge in [0.15, 0.2) is 0 Å². The number of carbonyl (C=O) groups is 2. The van der Waals surface area contributed by atoms with Gasteiger partial charge < -0.3 is 15.8 Å². The van der Waals surface area contributed by atoms with Gasteiger partial charge in [-0.1, -0.05) is 48.5 Å². The second-order valence-corrected chi connectivity index (χ2v) is 6.75. The smallest absolute Gasteiger partial charge is 0.263 e. The Kier molecular flexibility index (Phi) is 6.54. The summed E-state index contributed by atoms with van der Waals surface area (Å²) >= 11 is 0. The van der Waals surface area contributed by atoms with Crippen molar-refractivity contribution in [2.75, 3.05) is 6.54 Å². The molecule has 30 heavy (non-hydrogen) atoms. The number of primary amides is 1. The van der Waals surface area contributed by atoms with Crippen LogP contribution < -0.4 is 15.8 Å². The van der Waals surface area contributed by atoms with Gasteiger partial charge in [-0.2, -0.15) is 5.11 Å². The molecule has 1 unspecified atom stereocenters. The molecule has 0 saturated heterocycles. The van der Waals surface area contributed by atoms with Crippen LogP contribution in [-0.2, 0) is 4.79 Å². The van der Waals surface area contributed by atoms with Crippen LogP contribution in [0.2, 0.25) is 0 Å². The number of carbonyl (C=O) groups excluding carboxylic acids is 2. The molecule has 152 valence electrons. The third-order valence-electron chi connectivity index (χ3n) is 4.37. The molecule has 0 bridgehead atoms. The molecule has 0 fully saturated rings. The van der Waals surface area contributed by atoms with E-state index in [0.717, 1.165) is 0 Å². The Morgan fingerprint density at radius 2 is 1.50 bits per heavy atom. The SMILES string of the molecule is CC(CNC(=O)c1ccccc1)(Oc1ccccc1N=Nc1ccccc1)C(N)=O. The van der Waals surface area contributed by atoms with Crippen molar-refractivity contribution in [1.29, 1.82) is 0 Å². The predicted octanol–water partition coefficient (Wildman–Crippen LogP) is 4.15. The van der Waals surface area contributed by atoms with Crippen LogP contribution in [0.25, 0.3) is 0 Å². The minimum Gasteiger partial charge on any atom is -0.474 e. The fourth-order valence-corrected chi connectivity index (χ4v) is 2.59. The van der Waals surface area contributed by atoms with E-state index in [4.69, 9.17) is 10.5 Å². The molecule has 2 amide bonds. The molecule has 0 saturated carbocycles. The third-order valence-corrected chi connectivity index (χ3v) is 4.37. The molecule has 0 spiro atoms. The number of amides is 2. The van der Waals surface area contributed by atoms with E-state index >= 15 is 0 Å². The van der Waals surface area contributed by atoms with Gasteiger partial charge in [0.2, 0.25) is 5.60 Å². The first-order chi connectivity index (χ1) is 14.5. The van der Waals surface area contributed by atoms with Crippen LogP contribution in [-0.4, -0.2) is 24.0 Å². The van der Waals surface area contributed by atoms with Gasteiger partial charge in [0.05, 0.1) is 12.2 Å². The fourth-order valence-electron chi connectivity index (χ4n) is 2.59. The molecule has 3 N–H and O–H groups in total. The second-order valence-electron chi connectivity index (χ2n) is 6.75. The van der Waals surface area contributed by atoms with Crippen molar-refractivity contribution in [2.24, 2.45) is 16.0 Å².